The van der Waals surface area contributed by atoms with Crippen molar-refractivity contribution in [1.82, 2.24) is 5.32 Å². The molecule has 0 aromatic carbocycles. The topological polar surface area (TPSA) is 66.4 Å². The van der Waals surface area contributed by atoms with Gasteiger partial charge < -0.3 is 10.4 Å². The number of carboxylic acid groups (broad SMARTS) is 1. The number of fused-ring (bicyclic) bond motifs is 2. The monoisotopic (exact) mass is 195 g/mol. The van der Waals surface area contributed by atoms with Crippen LogP contribution in [0.5, 0.6) is 0 Å². The molecule has 4 atom stereocenters. The van der Waals surface area contributed by atoms with Crippen molar-refractivity contribution in [2.24, 2.45) is 17.8 Å². The van der Waals surface area contributed by atoms with Crippen LogP contribution in [0.3, 0.4) is 0 Å². The van der Waals surface area contributed by atoms with Crippen LogP contribution in [0.2, 0.25) is 0 Å². The highest BCUT2D eigenvalue weighted by atomic mass is 16.4. The molecular weight excluding hydrogens is 182 g/mol. The molecule has 4 heteroatoms. The molecule has 1 aliphatic heterocycles. The Morgan fingerprint density at radius 3 is 2.79 bits per heavy atom. The van der Waals surface area contributed by atoms with E-state index in [4.69, 9.17) is 5.11 Å². The number of aliphatic carboxylic acids is 1. The second-order valence-electron chi connectivity index (χ2n) is 4.15. The van der Waals surface area contributed by atoms with Crippen molar-refractivity contribution in [3.05, 3.63) is 11.6 Å². The minimum Gasteiger partial charge on any atom is -0.481 e. The summed E-state index contributed by atoms with van der Waals surface area (Å²) in [6.45, 7) is 3.77. The molecule has 0 spiro atoms. The van der Waals surface area contributed by atoms with Crippen molar-refractivity contribution >= 4 is 11.9 Å². The van der Waals surface area contributed by atoms with Crippen LogP contribution in [0.1, 0.15) is 13.8 Å². The molecule has 0 saturated carbocycles. The normalized spacial score (nSPS) is 40.4. The Kier molecular flexibility index (Phi) is 1.87. The molecule has 1 amide bonds. The average Bonchev–Trinajstić information content (AvgIpc) is 2.37. The lowest BCUT2D eigenvalue weighted by Crippen LogP contribution is -2.37. The van der Waals surface area contributed by atoms with E-state index < -0.39 is 11.9 Å². The molecule has 2 bridgehead atoms. The second kappa shape index (κ2) is 2.83. The fourth-order valence-corrected chi connectivity index (χ4v) is 2.59. The molecule has 0 aromatic heterocycles. The van der Waals surface area contributed by atoms with E-state index in [-0.39, 0.29) is 23.8 Å². The number of rotatable bonds is 1. The summed E-state index contributed by atoms with van der Waals surface area (Å²) in [6, 6.07) is -0.291. The first-order chi connectivity index (χ1) is 6.52. The van der Waals surface area contributed by atoms with Gasteiger partial charge in [-0.1, -0.05) is 18.6 Å². The number of hydrogen-bond donors (Lipinski definition) is 2. The highest BCUT2D eigenvalue weighted by Crippen LogP contribution is 2.38. The maximum absolute atomic E-state index is 11.5. The fraction of sp³-hybridized carbons (Fsp3) is 0.600. The lowest BCUT2D eigenvalue weighted by molar-refractivity contribution is -0.145. The van der Waals surface area contributed by atoms with Gasteiger partial charge in [0.2, 0.25) is 5.91 Å². The molecular formula is C10H13NO3. The van der Waals surface area contributed by atoms with Gasteiger partial charge in [0, 0.05) is 0 Å². The Morgan fingerprint density at radius 2 is 2.21 bits per heavy atom. The highest BCUT2D eigenvalue weighted by Gasteiger charge is 2.51. The van der Waals surface area contributed by atoms with Gasteiger partial charge in [0.15, 0.2) is 0 Å². The Labute approximate surface area is 82.0 Å². The zero-order chi connectivity index (χ0) is 10.5. The molecule has 2 rings (SSSR count). The zero-order valence-electron chi connectivity index (χ0n) is 8.15. The summed E-state index contributed by atoms with van der Waals surface area (Å²) in [6.07, 6.45) is 1.99. The molecule has 2 N–H and O–H groups in total. The minimum absolute atomic E-state index is 0.0230. The molecule has 4 nitrogen and oxygen atoms in total. The summed E-state index contributed by atoms with van der Waals surface area (Å²) in [4.78, 5) is 22.6. The van der Waals surface area contributed by atoms with Gasteiger partial charge in [-0.15, -0.1) is 0 Å². The van der Waals surface area contributed by atoms with Gasteiger partial charge in [0.05, 0.1) is 17.9 Å². The van der Waals surface area contributed by atoms with Gasteiger partial charge in [-0.25, -0.2) is 0 Å². The number of hydrogen-bond acceptors (Lipinski definition) is 2. The van der Waals surface area contributed by atoms with Gasteiger partial charge in [-0.2, -0.15) is 0 Å². The van der Waals surface area contributed by atoms with E-state index in [0.717, 1.165) is 5.57 Å². The molecule has 2 aliphatic rings. The summed E-state index contributed by atoms with van der Waals surface area (Å²) >= 11 is 0. The maximum atomic E-state index is 11.5. The smallest absolute Gasteiger partial charge is 0.309 e. The van der Waals surface area contributed by atoms with E-state index in [1.807, 2.05) is 19.9 Å². The first-order valence-electron chi connectivity index (χ1n) is 4.74. The van der Waals surface area contributed by atoms with Crippen LogP contribution in [0.25, 0.3) is 0 Å². The Hall–Kier alpha value is -1.32. The van der Waals surface area contributed by atoms with Crippen molar-refractivity contribution < 1.29 is 14.7 Å². The summed E-state index contributed by atoms with van der Waals surface area (Å²) in [5.74, 6) is -1.95. The van der Waals surface area contributed by atoms with Crippen molar-refractivity contribution in [3.63, 3.8) is 0 Å². The highest BCUT2D eigenvalue weighted by molar-refractivity contribution is 5.91. The van der Waals surface area contributed by atoms with E-state index in [0.29, 0.717) is 0 Å². The molecule has 0 aromatic rings. The first-order valence-corrected chi connectivity index (χ1v) is 4.74. The van der Waals surface area contributed by atoms with Crippen LogP contribution >= 0.6 is 0 Å². The zero-order valence-corrected chi connectivity index (χ0v) is 8.15. The molecule has 76 valence electrons. The summed E-state index contributed by atoms with van der Waals surface area (Å²) < 4.78 is 0. The number of carbonyl (C=O) groups is 2. The van der Waals surface area contributed by atoms with E-state index in [1.165, 1.54) is 0 Å². The third-order valence-electron chi connectivity index (χ3n) is 3.21. The number of nitrogens with one attached hydrogen (secondary N) is 1. The lowest BCUT2D eigenvalue weighted by Gasteiger charge is -2.27. The number of carbonyl (C=O) groups excluding carboxylic acids is 1. The quantitative estimate of drug-likeness (QED) is 0.595. The van der Waals surface area contributed by atoms with Crippen LogP contribution in [0.4, 0.5) is 0 Å². The van der Waals surface area contributed by atoms with Gasteiger partial charge in [0.25, 0.3) is 0 Å². The van der Waals surface area contributed by atoms with Crippen LogP contribution in [-0.2, 0) is 9.59 Å². The van der Waals surface area contributed by atoms with Crippen LogP contribution < -0.4 is 5.32 Å². The van der Waals surface area contributed by atoms with Crippen molar-refractivity contribution in [2.45, 2.75) is 19.9 Å². The number of carboxylic acids is 1. The molecule has 0 radical (unpaired) electrons. The molecule has 1 saturated heterocycles. The SMILES string of the molecule is CC1=CC(C)C2C(=O)NC1C2C(=O)O. The van der Waals surface area contributed by atoms with E-state index in [9.17, 15) is 9.59 Å². The molecule has 1 fully saturated rings. The summed E-state index contributed by atoms with van der Waals surface area (Å²) in [5, 5.41) is 11.8. The van der Waals surface area contributed by atoms with E-state index >= 15 is 0 Å². The van der Waals surface area contributed by atoms with Crippen molar-refractivity contribution in [1.29, 1.82) is 0 Å². The van der Waals surface area contributed by atoms with Gasteiger partial charge >= 0.3 is 5.97 Å². The number of amides is 1. The predicted molar refractivity (Wildman–Crippen MR) is 49.5 cm³/mol. The average molecular weight is 195 g/mol. The van der Waals surface area contributed by atoms with Crippen LogP contribution in [-0.4, -0.2) is 23.0 Å². The van der Waals surface area contributed by atoms with E-state index in [2.05, 4.69) is 5.32 Å². The van der Waals surface area contributed by atoms with Gasteiger partial charge in [0.1, 0.15) is 0 Å². The third kappa shape index (κ3) is 1.06. The largest absolute Gasteiger partial charge is 0.481 e. The van der Waals surface area contributed by atoms with Crippen molar-refractivity contribution in [2.75, 3.05) is 0 Å². The Morgan fingerprint density at radius 1 is 1.57 bits per heavy atom. The van der Waals surface area contributed by atoms with Crippen LogP contribution in [0.15, 0.2) is 11.6 Å². The maximum Gasteiger partial charge on any atom is 0.309 e. The summed E-state index contributed by atoms with van der Waals surface area (Å²) in [7, 11) is 0. The minimum atomic E-state index is -0.877. The molecule has 1 aliphatic carbocycles. The second-order valence-corrected chi connectivity index (χ2v) is 4.15. The standard InChI is InChI=1S/C10H13NO3/c1-4-3-5(2)8-7(10(13)14)6(4)9(12)11-8/h3-4,6-8H,1-2H3,(H,11,12)(H,13,14). The lowest BCUT2D eigenvalue weighted by atomic mass is 9.74. The fourth-order valence-electron chi connectivity index (χ4n) is 2.59. The van der Waals surface area contributed by atoms with Gasteiger partial charge in [-0.3, -0.25) is 9.59 Å². The Balaban J connectivity index is 2.43. The van der Waals surface area contributed by atoms with Crippen LogP contribution in [0, 0.1) is 17.8 Å². The summed E-state index contributed by atoms with van der Waals surface area (Å²) in [5.41, 5.74) is 0.965. The van der Waals surface area contributed by atoms with Crippen molar-refractivity contribution in [3.8, 4) is 0 Å². The third-order valence-corrected chi connectivity index (χ3v) is 3.21. The molecule has 14 heavy (non-hydrogen) atoms. The van der Waals surface area contributed by atoms with E-state index in [1.54, 1.807) is 0 Å². The molecule has 4 unspecified atom stereocenters. The first kappa shape index (κ1) is 9.24. The van der Waals surface area contributed by atoms with Gasteiger partial charge in [-0.05, 0) is 12.8 Å². The predicted octanol–water partition coefficient (Wildman–Crippen LogP) is 0.398. The molecule has 1 heterocycles. The Bertz CT molecular complexity index is 334. The number of allylic oxidation sites excluding steroid dienone is 1.